The number of ether oxygens (including phenoxy) is 3. The highest BCUT2D eigenvalue weighted by Crippen LogP contribution is 2.36. The average Bonchev–Trinajstić information content (AvgIpc) is 4.01. The summed E-state index contributed by atoms with van der Waals surface area (Å²) in [5.74, 6) is -6.69. The van der Waals surface area contributed by atoms with Gasteiger partial charge in [-0.2, -0.15) is 0 Å². The number of pyridine rings is 2. The molecule has 2 aromatic heterocycles. The Morgan fingerprint density at radius 1 is 0.657 bits per heavy atom. The lowest BCUT2D eigenvalue weighted by atomic mass is 10.0. The molecule has 2 fully saturated rings. The van der Waals surface area contributed by atoms with Gasteiger partial charge in [-0.05, 0) is 31.5 Å². The van der Waals surface area contributed by atoms with Crippen LogP contribution >= 0.6 is 0 Å². The molecule has 9 rings (SSSR count). The van der Waals surface area contributed by atoms with Gasteiger partial charge in [0.2, 0.25) is 10.9 Å². The lowest BCUT2D eigenvalue weighted by Gasteiger charge is -2.39. The Kier molecular flexibility index (Phi) is 13.3. The molecule has 3 aromatic carbocycles. The lowest BCUT2D eigenvalue weighted by molar-refractivity contribution is 0.0561. The Morgan fingerprint density at radius 3 is 1.61 bits per heavy atom. The van der Waals surface area contributed by atoms with Crippen LogP contribution in [0, 0.1) is 23.3 Å². The molecule has 0 spiro atoms. The van der Waals surface area contributed by atoms with Crippen molar-refractivity contribution in [1.29, 1.82) is 0 Å². The van der Waals surface area contributed by atoms with E-state index in [1.807, 2.05) is 37.3 Å². The second kappa shape index (κ2) is 19.3. The first kappa shape index (κ1) is 46.2. The summed E-state index contributed by atoms with van der Waals surface area (Å²) in [4.78, 5) is 81.3. The molecule has 4 aliphatic rings. The van der Waals surface area contributed by atoms with E-state index < -0.39 is 57.6 Å². The molecule has 6 heterocycles. The smallest absolute Gasteiger partial charge is 0.274 e. The molecule has 20 heteroatoms. The van der Waals surface area contributed by atoms with Gasteiger partial charge >= 0.3 is 0 Å². The summed E-state index contributed by atoms with van der Waals surface area (Å²) >= 11 is 0. The minimum absolute atomic E-state index is 0.0128. The van der Waals surface area contributed by atoms with E-state index in [4.69, 9.17) is 14.2 Å². The Balaban J connectivity index is 0.000000186. The van der Waals surface area contributed by atoms with Gasteiger partial charge in [-0.25, -0.2) is 17.6 Å². The van der Waals surface area contributed by atoms with Crippen LogP contribution in [0.4, 0.5) is 17.6 Å². The minimum Gasteiger partial charge on any atom is -0.503 e. The van der Waals surface area contributed by atoms with Gasteiger partial charge in [0, 0.05) is 61.8 Å². The molecule has 4 aliphatic heterocycles. The first-order valence-electron chi connectivity index (χ1n) is 21.4. The number of hydrogen-bond acceptors (Lipinski definition) is 10. The van der Waals surface area contributed by atoms with E-state index in [2.05, 4.69) is 10.6 Å². The van der Waals surface area contributed by atoms with Crippen molar-refractivity contribution >= 4 is 23.6 Å². The van der Waals surface area contributed by atoms with Crippen LogP contribution in [0.5, 0.6) is 11.5 Å². The number of rotatable bonds is 11. The number of benzene rings is 3. The SMILES string of the molecule is CCN1C(=O)c2c(O)c(=O)c(C(=O)NCc3ccc(F)cc3F)cn2C2COC[C@@H]21.CCN1C(=O)c2c(OCc3ccccc3)c(=O)c(C(=O)NCc3ccc(F)cc3F)cn2C2COC[C@@H]21. The third-order valence-electron chi connectivity index (χ3n) is 12.2. The number of carbonyl (C=O) groups is 4. The number of hydrogen-bond donors (Lipinski definition) is 3. The van der Waals surface area contributed by atoms with Crippen molar-refractivity contribution in [3.8, 4) is 11.5 Å². The van der Waals surface area contributed by atoms with Gasteiger partial charge in [0.1, 0.15) is 41.0 Å². The fraction of sp³-hybridized carbons (Fsp3) is 0.319. The van der Waals surface area contributed by atoms with E-state index in [-0.39, 0.29) is 95.8 Å². The van der Waals surface area contributed by atoms with Crippen LogP contribution in [-0.2, 0) is 29.2 Å². The highest BCUT2D eigenvalue weighted by Gasteiger charge is 2.46. The summed E-state index contributed by atoms with van der Waals surface area (Å²) in [5, 5.41) is 15.3. The Hall–Kier alpha value is -7.32. The molecule has 5 aromatic rings. The predicted octanol–water partition coefficient (Wildman–Crippen LogP) is 4.23. The molecule has 16 nitrogen and oxygen atoms in total. The molecule has 4 atom stereocenters. The number of nitrogens with one attached hydrogen (secondary N) is 2. The van der Waals surface area contributed by atoms with E-state index in [0.717, 1.165) is 23.8 Å². The molecule has 3 N–H and O–H groups in total. The molecule has 0 aliphatic carbocycles. The molecule has 350 valence electrons. The summed E-state index contributed by atoms with van der Waals surface area (Å²) < 4.78 is 74.1. The fourth-order valence-corrected chi connectivity index (χ4v) is 8.75. The fourth-order valence-electron chi connectivity index (χ4n) is 8.75. The second-order valence-electron chi connectivity index (χ2n) is 16.1. The Morgan fingerprint density at radius 2 is 1.12 bits per heavy atom. The zero-order valence-electron chi connectivity index (χ0n) is 36.1. The van der Waals surface area contributed by atoms with Gasteiger partial charge < -0.3 is 48.9 Å². The van der Waals surface area contributed by atoms with Crippen molar-refractivity contribution in [3.63, 3.8) is 0 Å². The summed E-state index contributed by atoms with van der Waals surface area (Å²) in [6, 6.07) is 13.9. The van der Waals surface area contributed by atoms with Gasteiger partial charge in [-0.1, -0.05) is 42.5 Å². The van der Waals surface area contributed by atoms with Gasteiger partial charge in [0.15, 0.2) is 22.9 Å². The minimum atomic E-state index is -1.000. The van der Waals surface area contributed by atoms with E-state index in [1.54, 1.807) is 16.4 Å². The van der Waals surface area contributed by atoms with E-state index in [0.29, 0.717) is 39.0 Å². The Bertz CT molecular complexity index is 2890. The summed E-state index contributed by atoms with van der Waals surface area (Å²) in [7, 11) is 0. The number of likely N-dealkylation sites (N-methyl/N-ethyl adjacent to an activating group) is 2. The van der Waals surface area contributed by atoms with Crippen molar-refractivity contribution < 1.29 is 56.1 Å². The molecule has 67 heavy (non-hydrogen) atoms. The zero-order valence-corrected chi connectivity index (χ0v) is 36.1. The molecule has 2 unspecified atom stereocenters. The number of nitrogens with zero attached hydrogens (tertiary/aromatic N) is 4. The Labute approximate surface area is 379 Å². The van der Waals surface area contributed by atoms with E-state index >= 15 is 0 Å². The maximum atomic E-state index is 14.1. The highest BCUT2D eigenvalue weighted by atomic mass is 19.1. The number of aromatic nitrogens is 2. The third-order valence-corrected chi connectivity index (χ3v) is 12.2. The average molecular weight is 929 g/mol. The van der Waals surface area contributed by atoms with Crippen molar-refractivity contribution in [2.75, 3.05) is 39.5 Å². The first-order chi connectivity index (χ1) is 32.2. The molecule has 0 saturated carbocycles. The van der Waals surface area contributed by atoms with Crippen LogP contribution in [0.1, 0.15) is 84.3 Å². The maximum absolute atomic E-state index is 14.1. The normalized spacial score (nSPS) is 19.1. The van der Waals surface area contributed by atoms with Crippen LogP contribution in [0.25, 0.3) is 0 Å². The van der Waals surface area contributed by atoms with Crippen LogP contribution in [-0.4, -0.2) is 99.3 Å². The second-order valence-corrected chi connectivity index (χ2v) is 16.1. The predicted molar refractivity (Wildman–Crippen MR) is 230 cm³/mol. The maximum Gasteiger partial charge on any atom is 0.274 e. The topological polar surface area (TPSA) is 191 Å². The van der Waals surface area contributed by atoms with Crippen molar-refractivity contribution in [1.82, 2.24) is 29.6 Å². The van der Waals surface area contributed by atoms with Crippen LogP contribution in [0.15, 0.2) is 88.7 Å². The number of fused-ring (bicyclic) bond motifs is 6. The molecule has 0 radical (unpaired) electrons. The number of aromatic hydroxyl groups is 1. The molecule has 2 saturated heterocycles. The zero-order chi connectivity index (χ0) is 47.7. The van der Waals surface area contributed by atoms with Gasteiger partial charge in [0.05, 0.1) is 50.6 Å². The van der Waals surface area contributed by atoms with E-state index in [9.17, 15) is 51.4 Å². The van der Waals surface area contributed by atoms with E-state index in [1.165, 1.54) is 34.0 Å². The van der Waals surface area contributed by atoms with Gasteiger partial charge in [0.25, 0.3) is 23.6 Å². The number of halogens is 4. The van der Waals surface area contributed by atoms with Gasteiger partial charge in [-0.3, -0.25) is 28.8 Å². The highest BCUT2D eigenvalue weighted by molar-refractivity contribution is 6.00. The van der Waals surface area contributed by atoms with Crippen LogP contribution < -0.4 is 26.2 Å². The third kappa shape index (κ3) is 8.88. The summed E-state index contributed by atoms with van der Waals surface area (Å²) in [5.41, 5.74) is -1.64. The molecule has 0 bridgehead atoms. The standard InChI is InChI=1S/C27H25F2N3O5.C20H19F2N3O5/c1-2-31-21-14-36-15-22(21)32-12-19(26(34)30-11-17-8-9-18(28)10-20(17)29)24(33)25(23(32)27(31)35)37-13-16-6-4-3-5-7-16;1-2-24-14-8-30-9-15(14)25-7-12(17(26)18(27)16(25)20(24)29)19(28)23-6-10-3-4-11(21)5-13(10)22/h3-10,12,21-22H,2,11,13-15H2,1H3,(H,30,34);3-5,7,14-15,27H,2,6,8-9H2,1H3,(H,23,28)/t21-,22?;14-,15?/m00/s1. The summed E-state index contributed by atoms with van der Waals surface area (Å²) in [6.07, 6.45) is 2.58. The van der Waals surface area contributed by atoms with Crippen molar-refractivity contribution in [2.45, 2.75) is 57.7 Å². The largest absolute Gasteiger partial charge is 0.503 e. The van der Waals surface area contributed by atoms with Gasteiger partial charge in [-0.15, -0.1) is 0 Å². The summed E-state index contributed by atoms with van der Waals surface area (Å²) in [6.45, 7) is 5.09. The first-order valence-corrected chi connectivity index (χ1v) is 21.4. The monoisotopic (exact) mass is 928 g/mol. The van der Waals surface area contributed by atoms with Crippen molar-refractivity contribution in [2.24, 2.45) is 0 Å². The lowest BCUT2D eigenvalue weighted by Crippen LogP contribution is -2.51. The molecule has 4 amide bonds. The number of amides is 4. The van der Waals surface area contributed by atoms with Crippen molar-refractivity contribution in [3.05, 3.63) is 162 Å². The quantitative estimate of drug-likeness (QED) is 0.162. The molecular formula is C47H44F4N6O10. The van der Waals surface area contributed by atoms with Crippen LogP contribution in [0.3, 0.4) is 0 Å². The molecular weight excluding hydrogens is 885 g/mol. The number of carbonyl (C=O) groups excluding carboxylic acids is 4. The van der Waals surface area contributed by atoms with Crippen LogP contribution in [0.2, 0.25) is 0 Å².